The molecule has 130 valence electrons. The highest BCUT2D eigenvalue weighted by Crippen LogP contribution is 2.29. The average molecular weight is 368 g/mol. The standard InChI is InChI=1S/C15H11F3N4O2S/c1-22-8-9(7-19-22)6-12-13(21-14(23)25-12)20-10-2-4-11(5-3-10)24-15(16,17)18/h2-8H,1H3,(H,20,21,23)/b12-6-. The molecule has 6 nitrogen and oxygen atoms in total. The molecule has 0 bridgehead atoms. The molecule has 0 unspecified atom stereocenters. The Morgan fingerprint density at radius 2 is 2.04 bits per heavy atom. The van der Waals surface area contributed by atoms with Crippen LogP contribution in [0.2, 0.25) is 0 Å². The average Bonchev–Trinajstić information content (AvgIpc) is 3.06. The van der Waals surface area contributed by atoms with E-state index in [1.54, 1.807) is 30.2 Å². The van der Waals surface area contributed by atoms with E-state index in [0.717, 1.165) is 29.5 Å². The largest absolute Gasteiger partial charge is 0.573 e. The highest BCUT2D eigenvalue weighted by molar-refractivity contribution is 8.18. The van der Waals surface area contributed by atoms with Gasteiger partial charge in [-0.15, -0.1) is 13.2 Å². The lowest BCUT2D eigenvalue weighted by atomic mass is 10.3. The summed E-state index contributed by atoms with van der Waals surface area (Å²) < 4.78 is 41.9. The monoisotopic (exact) mass is 368 g/mol. The summed E-state index contributed by atoms with van der Waals surface area (Å²) in [5.41, 5.74) is 1.17. The molecule has 1 aromatic heterocycles. The first-order valence-electron chi connectivity index (χ1n) is 6.92. The van der Waals surface area contributed by atoms with Crippen molar-refractivity contribution in [2.75, 3.05) is 0 Å². The number of hydrogen-bond acceptors (Lipinski definition) is 5. The molecular weight excluding hydrogens is 357 g/mol. The molecule has 0 aliphatic carbocycles. The first kappa shape index (κ1) is 17.1. The third-order valence-electron chi connectivity index (χ3n) is 2.99. The zero-order chi connectivity index (χ0) is 18.0. The fourth-order valence-corrected chi connectivity index (χ4v) is 2.77. The molecule has 0 spiro atoms. The van der Waals surface area contributed by atoms with Crippen molar-refractivity contribution in [3.63, 3.8) is 0 Å². The van der Waals surface area contributed by atoms with Crippen molar-refractivity contribution in [2.24, 2.45) is 12.0 Å². The first-order chi connectivity index (χ1) is 11.8. The van der Waals surface area contributed by atoms with Crippen molar-refractivity contribution in [2.45, 2.75) is 6.36 Å². The van der Waals surface area contributed by atoms with Gasteiger partial charge in [-0.25, -0.2) is 4.99 Å². The second kappa shape index (κ2) is 6.63. The lowest BCUT2D eigenvalue weighted by Crippen LogP contribution is -2.18. The summed E-state index contributed by atoms with van der Waals surface area (Å²) in [4.78, 5) is 16.5. The van der Waals surface area contributed by atoms with Crippen molar-refractivity contribution in [1.82, 2.24) is 15.1 Å². The van der Waals surface area contributed by atoms with E-state index in [2.05, 4.69) is 20.1 Å². The van der Waals surface area contributed by atoms with Crippen molar-refractivity contribution in [1.29, 1.82) is 0 Å². The van der Waals surface area contributed by atoms with E-state index in [-0.39, 0.29) is 11.0 Å². The number of amidine groups is 1. The van der Waals surface area contributed by atoms with Crippen LogP contribution in [-0.2, 0) is 7.05 Å². The lowest BCUT2D eigenvalue weighted by Gasteiger charge is -2.08. The summed E-state index contributed by atoms with van der Waals surface area (Å²) >= 11 is 0.978. The molecule has 1 aromatic carbocycles. The molecule has 1 aliphatic rings. The van der Waals surface area contributed by atoms with Crippen LogP contribution in [0.1, 0.15) is 5.56 Å². The van der Waals surface area contributed by atoms with Crippen molar-refractivity contribution < 1.29 is 22.7 Å². The van der Waals surface area contributed by atoms with Gasteiger partial charge in [-0.2, -0.15) is 5.10 Å². The second-order valence-corrected chi connectivity index (χ2v) is 5.99. The molecule has 3 rings (SSSR count). The Bertz CT molecular complexity index is 856. The second-order valence-electron chi connectivity index (χ2n) is 4.97. The predicted octanol–water partition coefficient (Wildman–Crippen LogP) is 3.85. The number of aromatic nitrogens is 2. The van der Waals surface area contributed by atoms with E-state index < -0.39 is 6.36 Å². The van der Waals surface area contributed by atoms with Crippen LogP contribution in [0.3, 0.4) is 0 Å². The molecule has 2 heterocycles. The Hall–Kier alpha value is -2.75. The maximum absolute atomic E-state index is 12.2. The van der Waals surface area contributed by atoms with E-state index in [1.165, 1.54) is 12.1 Å². The normalized spacial score (nSPS) is 18.0. The molecule has 1 amide bonds. The molecule has 0 saturated carbocycles. The SMILES string of the molecule is Cn1cc(/C=C2\SC(=O)NC2=Nc2ccc(OC(F)(F)F)cc2)cn1. The quantitative estimate of drug-likeness (QED) is 0.894. The minimum Gasteiger partial charge on any atom is -0.406 e. The molecule has 25 heavy (non-hydrogen) atoms. The molecule has 10 heteroatoms. The van der Waals surface area contributed by atoms with Gasteiger partial charge < -0.3 is 10.1 Å². The van der Waals surface area contributed by atoms with Gasteiger partial charge in [-0.3, -0.25) is 9.48 Å². The van der Waals surface area contributed by atoms with Gasteiger partial charge in [-0.1, -0.05) is 0 Å². The van der Waals surface area contributed by atoms with Crippen LogP contribution >= 0.6 is 11.8 Å². The third kappa shape index (κ3) is 4.63. The van der Waals surface area contributed by atoms with Gasteiger partial charge in [0.2, 0.25) is 0 Å². The maximum atomic E-state index is 12.2. The minimum atomic E-state index is -4.75. The predicted molar refractivity (Wildman–Crippen MR) is 87.5 cm³/mol. The minimum absolute atomic E-state index is 0.286. The number of carbonyl (C=O) groups is 1. The molecular formula is C15H11F3N4O2S. The van der Waals surface area contributed by atoms with Gasteiger partial charge in [0.05, 0.1) is 16.8 Å². The van der Waals surface area contributed by atoms with Crippen molar-refractivity contribution in [3.8, 4) is 5.75 Å². The smallest absolute Gasteiger partial charge is 0.406 e. The van der Waals surface area contributed by atoms with Gasteiger partial charge in [0, 0.05) is 18.8 Å². The molecule has 1 N–H and O–H groups in total. The highest BCUT2D eigenvalue weighted by Gasteiger charge is 2.31. The van der Waals surface area contributed by atoms with Gasteiger partial charge in [0.1, 0.15) is 11.6 Å². The Morgan fingerprint density at radius 1 is 1.32 bits per heavy atom. The Kier molecular flexibility index (Phi) is 4.53. The molecule has 0 atom stereocenters. The molecule has 1 saturated heterocycles. The van der Waals surface area contributed by atoms with Crippen molar-refractivity contribution in [3.05, 3.63) is 47.1 Å². The number of nitrogens with one attached hydrogen (secondary N) is 1. The van der Waals surface area contributed by atoms with Crippen LogP contribution in [0, 0.1) is 0 Å². The molecule has 1 fully saturated rings. The number of aryl methyl sites for hydroxylation is 1. The fourth-order valence-electron chi connectivity index (χ4n) is 2.03. The van der Waals surface area contributed by atoms with Crippen molar-refractivity contribution >= 4 is 34.6 Å². The molecule has 0 radical (unpaired) electrons. The maximum Gasteiger partial charge on any atom is 0.573 e. The number of nitrogens with zero attached hydrogens (tertiary/aromatic N) is 3. The zero-order valence-corrected chi connectivity index (χ0v) is 13.6. The van der Waals surface area contributed by atoms with E-state index >= 15 is 0 Å². The lowest BCUT2D eigenvalue weighted by molar-refractivity contribution is -0.274. The van der Waals surface area contributed by atoms with E-state index in [0.29, 0.717) is 16.4 Å². The molecule has 2 aromatic rings. The number of hydrogen-bond donors (Lipinski definition) is 1. The van der Waals surface area contributed by atoms with Crippen LogP contribution in [0.5, 0.6) is 5.75 Å². The number of rotatable bonds is 3. The van der Waals surface area contributed by atoms with Gasteiger partial charge in [0.15, 0.2) is 0 Å². The Labute approximate surface area is 144 Å². The van der Waals surface area contributed by atoms with Gasteiger partial charge in [0.25, 0.3) is 5.24 Å². The van der Waals surface area contributed by atoms with Crippen LogP contribution in [0.25, 0.3) is 6.08 Å². The Morgan fingerprint density at radius 3 is 2.64 bits per heavy atom. The number of benzene rings is 1. The number of thioether (sulfide) groups is 1. The summed E-state index contributed by atoms with van der Waals surface area (Å²) in [5.74, 6) is -0.0178. The summed E-state index contributed by atoms with van der Waals surface area (Å²) in [7, 11) is 1.77. The summed E-state index contributed by atoms with van der Waals surface area (Å²) in [6.45, 7) is 0. The van der Waals surface area contributed by atoms with Crippen LogP contribution in [-0.4, -0.2) is 27.2 Å². The summed E-state index contributed by atoms with van der Waals surface area (Å²) in [5, 5.41) is 6.35. The number of amides is 1. The van der Waals surface area contributed by atoms with E-state index in [4.69, 9.17) is 0 Å². The van der Waals surface area contributed by atoms with E-state index in [1.807, 2.05) is 0 Å². The number of alkyl halides is 3. The summed E-state index contributed by atoms with van der Waals surface area (Å²) in [6, 6.07) is 5.04. The van der Waals surface area contributed by atoms with Crippen LogP contribution < -0.4 is 10.1 Å². The van der Waals surface area contributed by atoms with Crippen LogP contribution in [0.15, 0.2) is 46.6 Å². The van der Waals surface area contributed by atoms with Crippen LogP contribution in [0.4, 0.5) is 23.7 Å². The number of carbonyl (C=O) groups excluding carboxylic acids is 1. The fraction of sp³-hybridized carbons (Fsp3) is 0.133. The topological polar surface area (TPSA) is 68.5 Å². The molecule has 1 aliphatic heterocycles. The zero-order valence-electron chi connectivity index (χ0n) is 12.7. The van der Waals surface area contributed by atoms with Gasteiger partial charge >= 0.3 is 6.36 Å². The third-order valence-corrected chi connectivity index (χ3v) is 3.81. The summed E-state index contributed by atoms with van der Waals surface area (Å²) in [6.07, 6.45) is 0.410. The van der Waals surface area contributed by atoms with Gasteiger partial charge in [-0.05, 0) is 42.1 Å². The number of halogens is 3. The Balaban J connectivity index is 1.83. The van der Waals surface area contributed by atoms with E-state index in [9.17, 15) is 18.0 Å². The highest BCUT2D eigenvalue weighted by atomic mass is 32.2. The number of aliphatic imine (C=N–C) groups is 1. The number of ether oxygens (including phenoxy) is 1. The first-order valence-corrected chi connectivity index (χ1v) is 7.74.